The van der Waals surface area contributed by atoms with Crippen LogP contribution in [0.4, 0.5) is 0 Å². The van der Waals surface area contributed by atoms with E-state index in [1.54, 1.807) is 0 Å². The molecule has 1 aliphatic rings. The van der Waals surface area contributed by atoms with Gasteiger partial charge in [-0.3, -0.25) is 4.90 Å². The Balaban J connectivity index is 2.24. The summed E-state index contributed by atoms with van der Waals surface area (Å²) in [5, 5.41) is 8.75. The van der Waals surface area contributed by atoms with E-state index in [4.69, 9.17) is 5.11 Å². The molecule has 1 heterocycles. The Labute approximate surface area is 69.4 Å². The molecule has 0 amide bonds. The van der Waals surface area contributed by atoms with E-state index in [0.29, 0.717) is 10.7 Å². The fourth-order valence-corrected chi connectivity index (χ4v) is 1.69. The van der Waals surface area contributed by atoms with Crippen LogP contribution in [0.25, 0.3) is 0 Å². The SMILES string of the molecule is OC[C@@H](I)N1CCCC1. The molecule has 1 aliphatic heterocycles. The third-order valence-electron chi connectivity index (χ3n) is 1.69. The van der Waals surface area contributed by atoms with Gasteiger partial charge in [0.15, 0.2) is 0 Å². The number of halogens is 1. The van der Waals surface area contributed by atoms with Crippen LogP contribution in [-0.2, 0) is 0 Å². The van der Waals surface area contributed by atoms with Crippen molar-refractivity contribution in [3.63, 3.8) is 0 Å². The molecule has 0 spiro atoms. The zero-order valence-electron chi connectivity index (χ0n) is 5.39. The maximum Gasteiger partial charge on any atom is 0.0852 e. The van der Waals surface area contributed by atoms with Crippen molar-refractivity contribution in [2.45, 2.75) is 16.9 Å². The minimum Gasteiger partial charge on any atom is -0.394 e. The highest BCUT2D eigenvalue weighted by Gasteiger charge is 2.17. The van der Waals surface area contributed by atoms with Crippen molar-refractivity contribution in [2.75, 3.05) is 19.7 Å². The van der Waals surface area contributed by atoms with E-state index in [9.17, 15) is 0 Å². The van der Waals surface area contributed by atoms with Crippen LogP contribution in [0.15, 0.2) is 0 Å². The summed E-state index contributed by atoms with van der Waals surface area (Å²) in [6.07, 6.45) is 2.61. The van der Waals surface area contributed by atoms with Crippen LogP contribution in [-0.4, -0.2) is 33.8 Å². The summed E-state index contributed by atoms with van der Waals surface area (Å²) in [6.45, 7) is 2.64. The molecule has 0 unspecified atom stereocenters. The highest BCUT2D eigenvalue weighted by atomic mass is 127. The molecule has 1 N–H and O–H groups in total. The van der Waals surface area contributed by atoms with Gasteiger partial charge in [0, 0.05) is 0 Å². The van der Waals surface area contributed by atoms with Crippen molar-refractivity contribution in [3.05, 3.63) is 0 Å². The molecule has 1 rings (SSSR count). The molecule has 2 nitrogen and oxygen atoms in total. The fourth-order valence-electron chi connectivity index (χ4n) is 1.14. The Morgan fingerprint density at radius 2 is 2.00 bits per heavy atom. The zero-order valence-corrected chi connectivity index (χ0v) is 7.54. The molecule has 0 aromatic heterocycles. The van der Waals surface area contributed by atoms with Gasteiger partial charge < -0.3 is 5.11 Å². The minimum atomic E-state index is 0.292. The van der Waals surface area contributed by atoms with E-state index in [1.807, 2.05) is 0 Å². The van der Waals surface area contributed by atoms with Gasteiger partial charge in [-0.05, 0) is 25.9 Å². The monoisotopic (exact) mass is 241 g/mol. The number of hydrogen-bond donors (Lipinski definition) is 1. The largest absolute Gasteiger partial charge is 0.394 e. The Hall–Kier alpha value is 0.650. The molecule has 0 radical (unpaired) electrons. The van der Waals surface area contributed by atoms with Crippen LogP contribution in [0, 0.1) is 0 Å². The fraction of sp³-hybridized carbons (Fsp3) is 1.00. The smallest absolute Gasteiger partial charge is 0.0852 e. The number of alkyl halides is 1. The van der Waals surface area contributed by atoms with E-state index < -0.39 is 0 Å². The topological polar surface area (TPSA) is 23.5 Å². The highest BCUT2D eigenvalue weighted by Crippen LogP contribution is 2.15. The molecule has 0 aromatic carbocycles. The molecular weight excluding hydrogens is 229 g/mol. The van der Waals surface area contributed by atoms with Crippen molar-refractivity contribution in [2.24, 2.45) is 0 Å². The first-order valence-corrected chi connectivity index (χ1v) is 4.58. The average Bonchev–Trinajstić information content (AvgIpc) is 2.37. The van der Waals surface area contributed by atoms with Crippen LogP contribution in [0.1, 0.15) is 12.8 Å². The maximum absolute atomic E-state index is 8.75. The second kappa shape index (κ2) is 3.73. The Bertz CT molecular complexity index is 83.1. The number of likely N-dealkylation sites (tertiary alicyclic amines) is 1. The number of nitrogens with zero attached hydrogens (tertiary/aromatic N) is 1. The number of aliphatic hydroxyl groups excluding tert-OH is 1. The van der Waals surface area contributed by atoms with Gasteiger partial charge in [0.25, 0.3) is 0 Å². The lowest BCUT2D eigenvalue weighted by Crippen LogP contribution is -2.30. The summed E-state index contributed by atoms with van der Waals surface area (Å²) in [7, 11) is 0. The normalized spacial score (nSPS) is 24.7. The molecule has 0 aromatic rings. The van der Waals surface area contributed by atoms with Crippen LogP contribution < -0.4 is 0 Å². The van der Waals surface area contributed by atoms with Gasteiger partial charge in [0.1, 0.15) is 0 Å². The van der Waals surface area contributed by atoms with Crippen molar-refractivity contribution in [3.8, 4) is 0 Å². The second-order valence-corrected chi connectivity index (χ2v) is 3.80. The molecule has 0 bridgehead atoms. The van der Waals surface area contributed by atoms with Crippen LogP contribution >= 0.6 is 22.6 Å². The summed E-state index contributed by atoms with van der Waals surface area (Å²) >= 11 is 2.28. The molecule has 54 valence electrons. The van der Waals surface area contributed by atoms with Crippen molar-refractivity contribution in [1.82, 2.24) is 4.90 Å². The summed E-state index contributed by atoms with van der Waals surface area (Å²) in [6, 6.07) is 0. The van der Waals surface area contributed by atoms with E-state index in [2.05, 4.69) is 27.5 Å². The van der Waals surface area contributed by atoms with Gasteiger partial charge in [-0.2, -0.15) is 0 Å². The van der Waals surface area contributed by atoms with Crippen LogP contribution in [0.3, 0.4) is 0 Å². The molecule has 9 heavy (non-hydrogen) atoms. The van der Waals surface area contributed by atoms with E-state index in [-0.39, 0.29) is 0 Å². The second-order valence-electron chi connectivity index (χ2n) is 2.36. The van der Waals surface area contributed by atoms with E-state index in [0.717, 1.165) is 0 Å². The van der Waals surface area contributed by atoms with Gasteiger partial charge >= 0.3 is 0 Å². The van der Waals surface area contributed by atoms with E-state index in [1.165, 1.54) is 25.9 Å². The first kappa shape index (κ1) is 7.75. The number of hydrogen-bond acceptors (Lipinski definition) is 2. The lowest BCUT2D eigenvalue weighted by atomic mass is 10.4. The highest BCUT2D eigenvalue weighted by molar-refractivity contribution is 14.1. The summed E-state index contributed by atoms with van der Waals surface area (Å²) in [5.41, 5.74) is 0. The van der Waals surface area contributed by atoms with Crippen molar-refractivity contribution in [1.29, 1.82) is 0 Å². The molecular formula is C6H12INO. The molecule has 0 saturated carbocycles. The van der Waals surface area contributed by atoms with Gasteiger partial charge in [0.2, 0.25) is 0 Å². The predicted molar refractivity (Wildman–Crippen MR) is 45.7 cm³/mol. The molecule has 0 aliphatic carbocycles. The Morgan fingerprint density at radius 3 is 2.44 bits per heavy atom. The minimum absolute atomic E-state index is 0.292. The Morgan fingerprint density at radius 1 is 1.44 bits per heavy atom. The first-order valence-electron chi connectivity index (χ1n) is 3.33. The van der Waals surface area contributed by atoms with E-state index >= 15 is 0 Å². The lowest BCUT2D eigenvalue weighted by Gasteiger charge is -2.19. The zero-order chi connectivity index (χ0) is 6.69. The lowest BCUT2D eigenvalue weighted by molar-refractivity contribution is 0.210. The maximum atomic E-state index is 8.75. The number of aliphatic hydroxyl groups is 1. The Kier molecular flexibility index (Phi) is 3.21. The van der Waals surface area contributed by atoms with Crippen LogP contribution in [0.5, 0.6) is 0 Å². The standard InChI is InChI=1S/C6H12INO/c7-6(5-9)8-3-1-2-4-8/h6,9H,1-5H2/t6-/m0/s1. The third kappa shape index (κ3) is 2.05. The van der Waals surface area contributed by atoms with Gasteiger partial charge in [-0.1, -0.05) is 22.6 Å². The van der Waals surface area contributed by atoms with Crippen molar-refractivity contribution < 1.29 is 5.11 Å². The molecule has 1 atom stereocenters. The summed E-state index contributed by atoms with van der Waals surface area (Å²) in [5.74, 6) is 0. The summed E-state index contributed by atoms with van der Waals surface area (Å²) < 4.78 is 0.352. The predicted octanol–water partition coefficient (Wildman–Crippen LogP) is 0.836. The van der Waals surface area contributed by atoms with Gasteiger partial charge in [-0.15, -0.1) is 0 Å². The molecule has 1 saturated heterocycles. The first-order chi connectivity index (χ1) is 4.34. The van der Waals surface area contributed by atoms with Gasteiger partial charge in [-0.25, -0.2) is 0 Å². The quantitative estimate of drug-likeness (QED) is 0.440. The third-order valence-corrected chi connectivity index (χ3v) is 2.87. The number of rotatable bonds is 2. The van der Waals surface area contributed by atoms with Crippen molar-refractivity contribution >= 4 is 22.6 Å². The molecule has 1 fully saturated rings. The summed E-state index contributed by atoms with van der Waals surface area (Å²) in [4.78, 5) is 2.32. The average molecular weight is 241 g/mol. The van der Waals surface area contributed by atoms with Crippen LogP contribution in [0.2, 0.25) is 0 Å². The molecule has 3 heteroatoms. The van der Waals surface area contributed by atoms with Gasteiger partial charge in [0.05, 0.1) is 10.7 Å².